The van der Waals surface area contributed by atoms with Crippen molar-refractivity contribution in [2.24, 2.45) is 0 Å². The molecule has 1 aliphatic heterocycles. The van der Waals surface area contributed by atoms with Crippen molar-refractivity contribution in [3.05, 3.63) is 60.2 Å². The van der Waals surface area contributed by atoms with Gasteiger partial charge in [0, 0.05) is 25.7 Å². The van der Waals surface area contributed by atoms with Gasteiger partial charge in [0.05, 0.1) is 43.6 Å². The normalized spacial score (nSPS) is 14.5. The maximum atomic E-state index is 13.2. The highest BCUT2D eigenvalue weighted by molar-refractivity contribution is 7.89. The fraction of sp³-hybridized carbons (Fsp3) is 0.318. The van der Waals surface area contributed by atoms with Crippen LogP contribution in [0.1, 0.15) is 15.9 Å². The Hall–Kier alpha value is -3.48. The number of morpholine rings is 1. The van der Waals surface area contributed by atoms with Gasteiger partial charge in [-0.1, -0.05) is 12.1 Å². The molecule has 2 heterocycles. The average Bonchev–Trinajstić information content (AvgIpc) is 3.42. The molecule has 1 N–H and O–H groups in total. The molecule has 0 unspecified atom stereocenters. The van der Waals surface area contributed by atoms with Gasteiger partial charge in [-0.25, -0.2) is 18.1 Å². The van der Waals surface area contributed by atoms with Crippen molar-refractivity contribution in [3.63, 3.8) is 0 Å². The largest absolute Gasteiger partial charge is 0.493 e. The highest BCUT2D eigenvalue weighted by atomic mass is 32.2. The summed E-state index contributed by atoms with van der Waals surface area (Å²) in [6.45, 7) is 1.33. The van der Waals surface area contributed by atoms with Gasteiger partial charge in [0.15, 0.2) is 11.5 Å². The summed E-state index contributed by atoms with van der Waals surface area (Å²) >= 11 is 0. The number of ether oxygens (including phenoxy) is 3. The first-order valence-electron chi connectivity index (χ1n) is 10.5. The van der Waals surface area contributed by atoms with Crippen LogP contribution in [0.15, 0.2) is 53.9 Å². The number of benzene rings is 2. The van der Waals surface area contributed by atoms with Crippen molar-refractivity contribution in [3.8, 4) is 17.2 Å². The van der Waals surface area contributed by atoms with Crippen LogP contribution in [0, 0.1) is 0 Å². The molecular formula is C22H25N5O6S. The summed E-state index contributed by atoms with van der Waals surface area (Å²) in [6, 6.07) is 10.1. The van der Waals surface area contributed by atoms with E-state index in [1.54, 1.807) is 11.0 Å². The van der Waals surface area contributed by atoms with Crippen LogP contribution >= 0.6 is 0 Å². The molecule has 1 fully saturated rings. The van der Waals surface area contributed by atoms with Crippen molar-refractivity contribution < 1.29 is 27.4 Å². The number of hydrogen-bond donors (Lipinski definition) is 1. The molecule has 2 aromatic carbocycles. The van der Waals surface area contributed by atoms with Crippen molar-refractivity contribution in [2.45, 2.75) is 11.4 Å². The topological polar surface area (TPSA) is 125 Å². The zero-order chi connectivity index (χ0) is 24.1. The number of hydrogen-bond acceptors (Lipinski definition) is 8. The summed E-state index contributed by atoms with van der Waals surface area (Å²) in [5, 5.41) is 6.89. The summed E-state index contributed by atoms with van der Waals surface area (Å²) in [7, 11) is -1.06. The van der Waals surface area contributed by atoms with Crippen LogP contribution in [0.5, 0.6) is 11.5 Å². The van der Waals surface area contributed by atoms with Crippen LogP contribution in [-0.2, 0) is 21.3 Å². The molecule has 1 amide bonds. The number of nitrogens with one attached hydrogen (secondary N) is 1. The Balaban J connectivity index is 1.57. The number of carbonyl (C=O) groups excluding carboxylic acids is 1. The summed E-state index contributed by atoms with van der Waals surface area (Å²) in [5.74, 6) is -0.184. The van der Waals surface area contributed by atoms with Gasteiger partial charge >= 0.3 is 0 Å². The van der Waals surface area contributed by atoms with Crippen LogP contribution in [0.25, 0.3) is 5.69 Å². The Labute approximate surface area is 197 Å². The van der Waals surface area contributed by atoms with E-state index in [0.29, 0.717) is 13.2 Å². The molecule has 0 radical (unpaired) electrons. The number of nitrogens with zero attached hydrogens (tertiary/aromatic N) is 4. The molecule has 180 valence electrons. The number of carbonyl (C=O) groups is 1. The predicted octanol–water partition coefficient (Wildman–Crippen LogP) is 1.24. The maximum Gasteiger partial charge on any atom is 0.255 e. The molecule has 1 saturated heterocycles. The molecule has 1 aliphatic rings. The van der Waals surface area contributed by atoms with E-state index in [-0.39, 0.29) is 41.6 Å². The molecule has 0 spiro atoms. The molecule has 1 aromatic heterocycles. The highest BCUT2D eigenvalue weighted by Crippen LogP contribution is 2.35. The van der Waals surface area contributed by atoms with Gasteiger partial charge in [-0.15, -0.1) is 0 Å². The van der Waals surface area contributed by atoms with Crippen LogP contribution in [0.3, 0.4) is 0 Å². The first-order chi connectivity index (χ1) is 16.4. The van der Waals surface area contributed by atoms with Crippen LogP contribution in [0.4, 0.5) is 0 Å². The number of methoxy groups -OCH3 is 2. The van der Waals surface area contributed by atoms with E-state index in [2.05, 4.69) is 15.4 Å². The molecule has 0 bridgehead atoms. The summed E-state index contributed by atoms with van der Waals surface area (Å²) in [5.41, 5.74) is 1.74. The molecular weight excluding hydrogens is 462 g/mol. The third kappa shape index (κ3) is 4.88. The van der Waals surface area contributed by atoms with E-state index in [0.717, 1.165) is 11.3 Å². The van der Waals surface area contributed by atoms with Gasteiger partial charge in [-0.05, 0) is 23.8 Å². The first kappa shape index (κ1) is 23.7. The monoisotopic (exact) mass is 487 g/mol. The van der Waals surface area contributed by atoms with Gasteiger partial charge in [-0.2, -0.15) is 9.40 Å². The van der Waals surface area contributed by atoms with E-state index in [1.807, 2.05) is 24.3 Å². The van der Waals surface area contributed by atoms with Crippen LogP contribution < -0.4 is 14.8 Å². The molecule has 0 atom stereocenters. The molecule has 4 rings (SSSR count). The predicted molar refractivity (Wildman–Crippen MR) is 122 cm³/mol. The third-order valence-electron chi connectivity index (χ3n) is 5.38. The Morgan fingerprint density at radius 2 is 1.85 bits per heavy atom. The molecule has 34 heavy (non-hydrogen) atoms. The minimum absolute atomic E-state index is 0.0469. The summed E-state index contributed by atoms with van der Waals surface area (Å²) in [6.07, 6.45) is 3.04. The third-order valence-corrected chi connectivity index (χ3v) is 7.25. The Morgan fingerprint density at radius 1 is 1.12 bits per heavy atom. The van der Waals surface area contributed by atoms with Gasteiger partial charge in [0.1, 0.15) is 12.7 Å². The van der Waals surface area contributed by atoms with Crippen molar-refractivity contribution in [1.82, 2.24) is 24.4 Å². The SMILES string of the molecule is COc1cc(S(=O)(=O)N2CCOCC2)cc(C(=O)NCc2ccc(-n3cncn3)cc2)c1OC. The fourth-order valence-corrected chi connectivity index (χ4v) is 5.03. The first-order valence-corrected chi connectivity index (χ1v) is 11.9. The van der Waals surface area contributed by atoms with E-state index >= 15 is 0 Å². The maximum absolute atomic E-state index is 13.2. The van der Waals surface area contributed by atoms with Gasteiger partial charge in [0.25, 0.3) is 5.91 Å². The number of amides is 1. The van der Waals surface area contributed by atoms with Gasteiger partial charge in [-0.3, -0.25) is 4.79 Å². The lowest BCUT2D eigenvalue weighted by Gasteiger charge is -2.26. The Morgan fingerprint density at radius 3 is 2.47 bits per heavy atom. The minimum Gasteiger partial charge on any atom is -0.493 e. The lowest BCUT2D eigenvalue weighted by atomic mass is 10.1. The average molecular weight is 488 g/mol. The second-order valence-electron chi connectivity index (χ2n) is 7.41. The number of rotatable bonds is 8. The summed E-state index contributed by atoms with van der Waals surface area (Å²) in [4.78, 5) is 16.9. The smallest absolute Gasteiger partial charge is 0.255 e. The Bertz CT molecular complexity index is 1240. The quantitative estimate of drug-likeness (QED) is 0.503. The van der Waals surface area contributed by atoms with Crippen molar-refractivity contribution in [1.29, 1.82) is 0 Å². The number of aromatic nitrogens is 3. The molecule has 0 aliphatic carbocycles. The van der Waals surface area contributed by atoms with E-state index in [4.69, 9.17) is 14.2 Å². The molecule has 0 saturated carbocycles. The van der Waals surface area contributed by atoms with Crippen LogP contribution in [-0.4, -0.2) is 73.9 Å². The highest BCUT2D eigenvalue weighted by Gasteiger charge is 2.30. The Kier molecular flexibility index (Phi) is 7.10. The zero-order valence-electron chi connectivity index (χ0n) is 18.8. The zero-order valence-corrected chi connectivity index (χ0v) is 19.6. The van der Waals surface area contributed by atoms with Crippen molar-refractivity contribution >= 4 is 15.9 Å². The number of sulfonamides is 1. The van der Waals surface area contributed by atoms with Crippen molar-refractivity contribution in [2.75, 3.05) is 40.5 Å². The second kappa shape index (κ2) is 10.2. The fourth-order valence-electron chi connectivity index (χ4n) is 3.58. The minimum atomic E-state index is -3.84. The van der Waals surface area contributed by atoms with E-state index in [1.165, 1.54) is 37.0 Å². The van der Waals surface area contributed by atoms with Gasteiger partial charge in [0.2, 0.25) is 10.0 Å². The van der Waals surface area contributed by atoms with E-state index in [9.17, 15) is 13.2 Å². The standard InChI is InChI=1S/C22H25N5O6S/c1-31-20-12-18(34(29,30)26-7-9-33-10-8-26)11-19(21(20)32-2)22(28)24-13-16-3-5-17(6-4-16)27-15-23-14-25-27/h3-6,11-12,14-15H,7-10,13H2,1-2H3,(H,24,28). The summed E-state index contributed by atoms with van der Waals surface area (Å²) < 4.78 is 45.3. The van der Waals surface area contributed by atoms with Gasteiger partial charge < -0.3 is 19.5 Å². The lowest BCUT2D eigenvalue weighted by Crippen LogP contribution is -2.40. The van der Waals surface area contributed by atoms with Crippen LogP contribution in [0.2, 0.25) is 0 Å². The lowest BCUT2D eigenvalue weighted by molar-refractivity contribution is 0.0730. The second-order valence-corrected chi connectivity index (χ2v) is 9.35. The molecule has 11 nitrogen and oxygen atoms in total. The van der Waals surface area contributed by atoms with E-state index < -0.39 is 15.9 Å². The molecule has 3 aromatic rings. The molecule has 12 heteroatoms.